The van der Waals surface area contributed by atoms with Crippen molar-refractivity contribution in [1.29, 1.82) is 0 Å². The van der Waals surface area contributed by atoms with Gasteiger partial charge in [0, 0.05) is 34.4 Å². The third-order valence-electron chi connectivity index (χ3n) is 1.77. The van der Waals surface area contributed by atoms with Crippen LogP contribution in [0.5, 0.6) is 0 Å². The summed E-state index contributed by atoms with van der Waals surface area (Å²) in [5, 5.41) is 6.64. The standard InChI is InChI=1S/C9H20N2O3S/c1-12-5-4-10-9(15)11-6-8(14-3)7-13-2/h8H,4-7H2,1-3H3,(H2,10,11,15). The zero-order valence-electron chi connectivity index (χ0n) is 9.54. The summed E-state index contributed by atoms with van der Waals surface area (Å²) < 4.78 is 15.0. The minimum atomic E-state index is 0.0113. The van der Waals surface area contributed by atoms with E-state index in [2.05, 4.69) is 10.6 Å². The molecule has 0 radical (unpaired) electrons. The lowest BCUT2D eigenvalue weighted by molar-refractivity contribution is 0.0315. The summed E-state index contributed by atoms with van der Waals surface area (Å²) >= 11 is 5.04. The first-order chi connectivity index (χ1) is 7.24. The Hall–Kier alpha value is -0.430. The largest absolute Gasteiger partial charge is 0.383 e. The molecule has 0 aromatic rings. The van der Waals surface area contributed by atoms with Crippen LogP contribution in [0.4, 0.5) is 0 Å². The molecule has 0 aromatic carbocycles. The normalized spacial score (nSPS) is 12.2. The summed E-state index contributed by atoms with van der Waals surface area (Å²) in [6, 6.07) is 0. The summed E-state index contributed by atoms with van der Waals surface area (Å²) in [7, 11) is 4.94. The Morgan fingerprint density at radius 2 is 1.93 bits per heavy atom. The van der Waals surface area contributed by atoms with Crippen molar-refractivity contribution in [1.82, 2.24) is 10.6 Å². The first-order valence-corrected chi connectivity index (χ1v) is 5.17. The predicted molar refractivity (Wildman–Crippen MR) is 63.2 cm³/mol. The first-order valence-electron chi connectivity index (χ1n) is 4.77. The lowest BCUT2D eigenvalue weighted by atomic mass is 10.4. The van der Waals surface area contributed by atoms with Crippen LogP contribution in [0.15, 0.2) is 0 Å². The fourth-order valence-electron chi connectivity index (χ4n) is 0.932. The SMILES string of the molecule is COCCNC(=S)NCC(COC)OC. The highest BCUT2D eigenvalue weighted by atomic mass is 32.1. The van der Waals surface area contributed by atoms with Crippen molar-refractivity contribution in [3.63, 3.8) is 0 Å². The van der Waals surface area contributed by atoms with Gasteiger partial charge in [-0.1, -0.05) is 0 Å². The molecule has 6 heteroatoms. The summed E-state index contributed by atoms with van der Waals surface area (Å²) in [6.45, 7) is 2.51. The number of rotatable bonds is 8. The lowest BCUT2D eigenvalue weighted by Crippen LogP contribution is -2.42. The molecule has 5 nitrogen and oxygen atoms in total. The van der Waals surface area contributed by atoms with E-state index in [1.807, 2.05) is 0 Å². The molecular weight excluding hydrogens is 216 g/mol. The summed E-state index contributed by atoms with van der Waals surface area (Å²) in [5.74, 6) is 0. The van der Waals surface area contributed by atoms with Gasteiger partial charge in [0.25, 0.3) is 0 Å². The molecule has 90 valence electrons. The molecule has 0 saturated heterocycles. The van der Waals surface area contributed by atoms with Gasteiger partial charge in [-0.05, 0) is 12.2 Å². The van der Waals surface area contributed by atoms with E-state index in [1.54, 1.807) is 21.3 Å². The summed E-state index contributed by atoms with van der Waals surface area (Å²) in [6.07, 6.45) is 0.0113. The molecule has 0 heterocycles. The van der Waals surface area contributed by atoms with Crippen LogP contribution in [-0.4, -0.2) is 58.8 Å². The molecule has 0 bridgehead atoms. The van der Waals surface area contributed by atoms with Gasteiger partial charge in [-0.2, -0.15) is 0 Å². The Morgan fingerprint density at radius 3 is 2.47 bits per heavy atom. The molecule has 0 saturated carbocycles. The van der Waals surface area contributed by atoms with E-state index in [9.17, 15) is 0 Å². The molecule has 0 amide bonds. The Kier molecular flexibility index (Phi) is 9.81. The molecule has 0 aliphatic rings. The van der Waals surface area contributed by atoms with E-state index < -0.39 is 0 Å². The fraction of sp³-hybridized carbons (Fsp3) is 0.889. The maximum absolute atomic E-state index is 5.17. The quantitative estimate of drug-likeness (QED) is 0.448. The van der Waals surface area contributed by atoms with Crippen LogP contribution in [0.25, 0.3) is 0 Å². The average Bonchev–Trinajstić information content (AvgIpc) is 2.24. The van der Waals surface area contributed by atoms with Crippen LogP contribution < -0.4 is 10.6 Å². The van der Waals surface area contributed by atoms with Crippen LogP contribution in [0.1, 0.15) is 0 Å². The number of nitrogens with one attached hydrogen (secondary N) is 2. The Balaban J connectivity index is 3.50. The second-order valence-electron chi connectivity index (χ2n) is 2.94. The molecule has 0 aliphatic carbocycles. The van der Waals surface area contributed by atoms with E-state index in [0.29, 0.717) is 31.4 Å². The van der Waals surface area contributed by atoms with Gasteiger partial charge in [0.2, 0.25) is 0 Å². The summed E-state index contributed by atoms with van der Waals surface area (Å²) in [5.41, 5.74) is 0. The summed E-state index contributed by atoms with van der Waals surface area (Å²) in [4.78, 5) is 0. The van der Waals surface area contributed by atoms with Crippen molar-refractivity contribution in [3.8, 4) is 0 Å². The van der Waals surface area contributed by atoms with Gasteiger partial charge in [0.05, 0.1) is 19.3 Å². The lowest BCUT2D eigenvalue weighted by Gasteiger charge is -2.16. The highest BCUT2D eigenvalue weighted by Crippen LogP contribution is 1.88. The molecule has 2 N–H and O–H groups in total. The molecular formula is C9H20N2O3S. The van der Waals surface area contributed by atoms with Crippen molar-refractivity contribution in [2.75, 3.05) is 47.6 Å². The fourth-order valence-corrected chi connectivity index (χ4v) is 1.12. The number of ether oxygens (including phenoxy) is 3. The van der Waals surface area contributed by atoms with Gasteiger partial charge in [-0.15, -0.1) is 0 Å². The van der Waals surface area contributed by atoms with Crippen LogP contribution in [-0.2, 0) is 14.2 Å². The van der Waals surface area contributed by atoms with E-state index >= 15 is 0 Å². The zero-order chi connectivity index (χ0) is 11.5. The molecule has 1 unspecified atom stereocenters. The monoisotopic (exact) mass is 236 g/mol. The van der Waals surface area contributed by atoms with Gasteiger partial charge in [-0.3, -0.25) is 0 Å². The third-order valence-corrected chi connectivity index (χ3v) is 2.06. The minimum Gasteiger partial charge on any atom is -0.383 e. The van der Waals surface area contributed by atoms with Crippen molar-refractivity contribution < 1.29 is 14.2 Å². The van der Waals surface area contributed by atoms with Gasteiger partial charge < -0.3 is 24.8 Å². The second kappa shape index (κ2) is 10.1. The van der Waals surface area contributed by atoms with Crippen LogP contribution in [0, 0.1) is 0 Å². The molecule has 0 aromatic heterocycles. The third kappa shape index (κ3) is 8.56. The van der Waals surface area contributed by atoms with Gasteiger partial charge in [-0.25, -0.2) is 0 Å². The Labute approximate surface area is 96.5 Å². The zero-order valence-corrected chi connectivity index (χ0v) is 10.4. The predicted octanol–water partition coefficient (Wildman–Crippen LogP) is -0.242. The second-order valence-corrected chi connectivity index (χ2v) is 3.35. The molecule has 0 fully saturated rings. The van der Waals surface area contributed by atoms with E-state index in [1.165, 1.54) is 0 Å². The maximum atomic E-state index is 5.17. The topological polar surface area (TPSA) is 51.8 Å². The number of hydrogen-bond acceptors (Lipinski definition) is 4. The van der Waals surface area contributed by atoms with E-state index in [-0.39, 0.29) is 6.10 Å². The Bertz CT molecular complexity index is 169. The molecule has 0 spiro atoms. The van der Waals surface area contributed by atoms with Crippen LogP contribution >= 0.6 is 12.2 Å². The van der Waals surface area contributed by atoms with Gasteiger partial charge >= 0.3 is 0 Å². The Morgan fingerprint density at radius 1 is 1.20 bits per heavy atom. The highest BCUT2D eigenvalue weighted by molar-refractivity contribution is 7.80. The average molecular weight is 236 g/mol. The molecule has 15 heavy (non-hydrogen) atoms. The number of thiocarbonyl (C=S) groups is 1. The van der Waals surface area contributed by atoms with E-state index in [0.717, 1.165) is 0 Å². The van der Waals surface area contributed by atoms with Crippen molar-refractivity contribution in [2.24, 2.45) is 0 Å². The minimum absolute atomic E-state index is 0.0113. The first kappa shape index (κ1) is 14.6. The smallest absolute Gasteiger partial charge is 0.166 e. The number of methoxy groups -OCH3 is 3. The van der Waals surface area contributed by atoms with Crippen molar-refractivity contribution >= 4 is 17.3 Å². The van der Waals surface area contributed by atoms with Crippen LogP contribution in [0.2, 0.25) is 0 Å². The molecule has 0 aliphatic heterocycles. The highest BCUT2D eigenvalue weighted by Gasteiger charge is 2.06. The van der Waals surface area contributed by atoms with Crippen molar-refractivity contribution in [2.45, 2.75) is 6.10 Å². The van der Waals surface area contributed by atoms with Crippen LogP contribution in [0.3, 0.4) is 0 Å². The van der Waals surface area contributed by atoms with Gasteiger partial charge in [0.15, 0.2) is 5.11 Å². The van der Waals surface area contributed by atoms with Gasteiger partial charge in [0.1, 0.15) is 0 Å². The van der Waals surface area contributed by atoms with Crippen molar-refractivity contribution in [3.05, 3.63) is 0 Å². The molecule has 1 atom stereocenters. The molecule has 0 rings (SSSR count). The maximum Gasteiger partial charge on any atom is 0.166 e. The number of hydrogen-bond donors (Lipinski definition) is 2. The van der Waals surface area contributed by atoms with E-state index in [4.69, 9.17) is 26.4 Å².